The molecule has 2 aliphatic rings. The maximum atomic E-state index is 12.1. The Balaban J connectivity index is 1.38. The topological polar surface area (TPSA) is 106 Å². The maximum Gasteiger partial charge on any atom is 0.224 e. The highest BCUT2D eigenvalue weighted by Gasteiger charge is 2.39. The van der Waals surface area contributed by atoms with Gasteiger partial charge < -0.3 is 22.1 Å². The Hall–Kier alpha value is -1.41. The minimum atomic E-state index is 0.0298. The van der Waals surface area contributed by atoms with Crippen molar-refractivity contribution in [3.63, 3.8) is 0 Å². The predicted octanol–water partition coefficient (Wildman–Crippen LogP) is 2.30. The average Bonchev–Trinajstić information content (AvgIpc) is 3.06. The molecule has 6 nitrogen and oxygen atoms in total. The number of halogens is 1. The van der Waals surface area contributed by atoms with Crippen LogP contribution in [0, 0.1) is 0 Å². The number of thioether (sulfide) groups is 1. The molecule has 0 saturated carbocycles. The van der Waals surface area contributed by atoms with Crippen LogP contribution in [0.4, 0.5) is 11.4 Å². The van der Waals surface area contributed by atoms with Crippen LogP contribution in [0.25, 0.3) is 0 Å². The van der Waals surface area contributed by atoms with Crippen molar-refractivity contribution in [3.8, 4) is 0 Å². The van der Waals surface area contributed by atoms with Gasteiger partial charge in [-0.2, -0.15) is 11.8 Å². The summed E-state index contributed by atoms with van der Waals surface area (Å²) in [6.45, 7) is 0. The first-order chi connectivity index (χ1) is 11.5. The molecule has 1 aromatic rings. The van der Waals surface area contributed by atoms with Crippen LogP contribution >= 0.6 is 27.7 Å². The van der Waals surface area contributed by atoms with Crippen LogP contribution in [0.3, 0.4) is 0 Å². The van der Waals surface area contributed by atoms with Crippen molar-refractivity contribution in [2.24, 2.45) is 10.7 Å². The average molecular weight is 412 g/mol. The molecule has 3 atom stereocenters. The zero-order valence-corrected chi connectivity index (χ0v) is 15.7. The van der Waals surface area contributed by atoms with Crippen molar-refractivity contribution < 1.29 is 4.79 Å². The second-order valence-corrected chi connectivity index (χ2v) is 8.29. The van der Waals surface area contributed by atoms with E-state index in [1.54, 1.807) is 12.1 Å². The molecule has 0 radical (unpaired) electrons. The standard InChI is InChI=1S/C16H22BrN5OS/c17-10-7-9(18)5-6-11(10)20-14(23)4-2-1-3-13-15-12(8-24-13)21-16(19)22-15/h5-7,12-13,15H,1-4,8,18H2,(H,20,23)(H3,19,21,22). The SMILES string of the molecule is NC1=NC2C(CSC2CCCCC(=O)Nc2ccc(N)cc2Br)N1. The largest absolute Gasteiger partial charge is 0.399 e. The molecule has 24 heavy (non-hydrogen) atoms. The van der Waals surface area contributed by atoms with Crippen molar-refractivity contribution in [1.82, 2.24) is 5.32 Å². The fourth-order valence-electron chi connectivity index (χ4n) is 3.10. The Labute approximate surface area is 154 Å². The van der Waals surface area contributed by atoms with E-state index in [0.29, 0.717) is 35.4 Å². The molecule has 1 aromatic carbocycles. The number of fused-ring (bicyclic) bond motifs is 1. The second kappa shape index (κ2) is 7.65. The third-order valence-corrected chi connectivity index (χ3v) is 6.46. The van der Waals surface area contributed by atoms with E-state index in [-0.39, 0.29) is 5.91 Å². The van der Waals surface area contributed by atoms with E-state index < -0.39 is 0 Å². The molecule has 0 aliphatic carbocycles. The summed E-state index contributed by atoms with van der Waals surface area (Å²) in [4.78, 5) is 16.5. The monoisotopic (exact) mass is 411 g/mol. The van der Waals surface area contributed by atoms with Crippen molar-refractivity contribution in [2.45, 2.75) is 43.0 Å². The number of benzene rings is 1. The molecular formula is C16H22BrN5OS. The van der Waals surface area contributed by atoms with Crippen LogP contribution < -0.4 is 22.1 Å². The maximum absolute atomic E-state index is 12.1. The Bertz CT molecular complexity index is 653. The molecular weight excluding hydrogens is 390 g/mol. The Kier molecular flexibility index (Phi) is 5.55. The first-order valence-electron chi connectivity index (χ1n) is 8.09. The summed E-state index contributed by atoms with van der Waals surface area (Å²) in [5.41, 5.74) is 12.9. The molecule has 2 heterocycles. The van der Waals surface area contributed by atoms with Gasteiger partial charge in [-0.25, -0.2) is 4.99 Å². The van der Waals surface area contributed by atoms with Gasteiger partial charge in [0.15, 0.2) is 5.96 Å². The van der Waals surface area contributed by atoms with Gasteiger partial charge in [-0.05, 0) is 47.0 Å². The molecule has 130 valence electrons. The molecule has 3 unspecified atom stereocenters. The van der Waals surface area contributed by atoms with Crippen molar-refractivity contribution in [2.75, 3.05) is 16.8 Å². The van der Waals surface area contributed by atoms with Gasteiger partial charge in [0.05, 0.1) is 17.8 Å². The highest BCUT2D eigenvalue weighted by Crippen LogP contribution is 2.35. The number of nitrogen functional groups attached to an aromatic ring is 1. The fourth-order valence-corrected chi connectivity index (χ4v) is 5.11. The molecule has 0 spiro atoms. The van der Waals surface area contributed by atoms with Gasteiger partial charge in [-0.1, -0.05) is 6.42 Å². The number of guanidine groups is 1. The molecule has 2 aliphatic heterocycles. The number of unbranched alkanes of at least 4 members (excludes halogenated alkanes) is 1. The van der Waals surface area contributed by atoms with Crippen LogP contribution in [0.15, 0.2) is 27.7 Å². The molecule has 8 heteroatoms. The van der Waals surface area contributed by atoms with Gasteiger partial charge in [0, 0.05) is 27.6 Å². The van der Waals surface area contributed by atoms with Gasteiger partial charge >= 0.3 is 0 Å². The van der Waals surface area contributed by atoms with Crippen LogP contribution in [-0.2, 0) is 4.79 Å². The molecule has 6 N–H and O–H groups in total. The zero-order chi connectivity index (χ0) is 17.1. The minimum absolute atomic E-state index is 0.0298. The lowest BCUT2D eigenvalue weighted by Crippen LogP contribution is -2.38. The number of carbonyl (C=O) groups is 1. The van der Waals surface area contributed by atoms with Gasteiger partial charge in [-0.15, -0.1) is 0 Å². The predicted molar refractivity (Wildman–Crippen MR) is 104 cm³/mol. The number of rotatable bonds is 6. The Morgan fingerprint density at radius 2 is 2.25 bits per heavy atom. The summed E-state index contributed by atoms with van der Waals surface area (Å²) >= 11 is 5.36. The van der Waals surface area contributed by atoms with E-state index in [2.05, 4.69) is 31.6 Å². The van der Waals surface area contributed by atoms with E-state index in [4.69, 9.17) is 11.5 Å². The van der Waals surface area contributed by atoms with E-state index in [1.807, 2.05) is 17.8 Å². The van der Waals surface area contributed by atoms with Crippen molar-refractivity contribution in [1.29, 1.82) is 0 Å². The minimum Gasteiger partial charge on any atom is -0.399 e. The third kappa shape index (κ3) is 4.16. The third-order valence-electron chi connectivity index (χ3n) is 4.31. The molecule has 0 bridgehead atoms. The van der Waals surface area contributed by atoms with E-state index in [1.165, 1.54) is 0 Å². The highest BCUT2D eigenvalue weighted by molar-refractivity contribution is 9.10. The van der Waals surface area contributed by atoms with Gasteiger partial charge in [0.1, 0.15) is 0 Å². The fraction of sp³-hybridized carbons (Fsp3) is 0.500. The van der Waals surface area contributed by atoms with Crippen LogP contribution in [0.5, 0.6) is 0 Å². The number of nitrogens with zero attached hydrogens (tertiary/aromatic N) is 1. The molecule has 1 amide bonds. The quantitative estimate of drug-likeness (QED) is 0.424. The lowest BCUT2D eigenvalue weighted by Gasteiger charge is -2.14. The number of aliphatic imine (C=N–C) groups is 1. The number of nitrogens with two attached hydrogens (primary N) is 2. The number of anilines is 2. The van der Waals surface area contributed by atoms with Crippen LogP contribution in [-0.4, -0.2) is 35.0 Å². The van der Waals surface area contributed by atoms with Gasteiger partial charge in [0.2, 0.25) is 5.91 Å². The molecule has 0 aromatic heterocycles. The van der Waals surface area contributed by atoms with Gasteiger partial charge in [0.25, 0.3) is 0 Å². The summed E-state index contributed by atoms with van der Waals surface area (Å²) in [7, 11) is 0. The van der Waals surface area contributed by atoms with Crippen molar-refractivity contribution >= 4 is 50.9 Å². The highest BCUT2D eigenvalue weighted by atomic mass is 79.9. The second-order valence-electron chi connectivity index (χ2n) is 6.16. The lowest BCUT2D eigenvalue weighted by molar-refractivity contribution is -0.116. The van der Waals surface area contributed by atoms with Crippen LogP contribution in [0.1, 0.15) is 25.7 Å². The zero-order valence-electron chi connectivity index (χ0n) is 13.3. The van der Waals surface area contributed by atoms with E-state index in [0.717, 1.165) is 35.2 Å². The normalized spacial score (nSPS) is 25.0. The summed E-state index contributed by atoms with van der Waals surface area (Å²) in [6, 6.07) is 6.06. The van der Waals surface area contributed by atoms with Gasteiger partial charge in [-0.3, -0.25) is 4.79 Å². The van der Waals surface area contributed by atoms with Crippen LogP contribution in [0.2, 0.25) is 0 Å². The summed E-state index contributed by atoms with van der Waals surface area (Å²) in [5, 5.41) is 6.65. The first-order valence-corrected chi connectivity index (χ1v) is 9.93. The number of hydrogen-bond donors (Lipinski definition) is 4. The first kappa shape index (κ1) is 17.4. The summed E-state index contributed by atoms with van der Waals surface area (Å²) < 4.78 is 0.799. The smallest absolute Gasteiger partial charge is 0.224 e. The number of nitrogens with one attached hydrogen (secondary N) is 2. The summed E-state index contributed by atoms with van der Waals surface area (Å²) in [5.74, 6) is 1.66. The molecule has 3 rings (SSSR count). The van der Waals surface area contributed by atoms with E-state index >= 15 is 0 Å². The Morgan fingerprint density at radius 1 is 1.42 bits per heavy atom. The number of hydrogen-bond acceptors (Lipinski definition) is 6. The van der Waals surface area contributed by atoms with E-state index in [9.17, 15) is 4.79 Å². The summed E-state index contributed by atoms with van der Waals surface area (Å²) in [6.07, 6.45) is 3.49. The van der Waals surface area contributed by atoms with Crippen molar-refractivity contribution in [3.05, 3.63) is 22.7 Å². The molecule has 1 saturated heterocycles. The number of carbonyl (C=O) groups excluding carboxylic acids is 1. The Morgan fingerprint density at radius 3 is 3.04 bits per heavy atom. The lowest BCUT2D eigenvalue weighted by atomic mass is 10.0. The number of amides is 1. The molecule has 1 fully saturated rings.